The van der Waals surface area contributed by atoms with Crippen LogP contribution < -0.4 is 0 Å². The second kappa shape index (κ2) is 8.69. The summed E-state index contributed by atoms with van der Waals surface area (Å²) in [6.07, 6.45) is 8.42. The molecule has 29 heavy (non-hydrogen) atoms. The lowest BCUT2D eigenvalue weighted by molar-refractivity contribution is -0.127. The number of carbonyl (C=O) groups excluding carboxylic acids is 2. The number of Topliss-reactive ketones (excluding diaryl/α,β-unsaturated/α-hetero) is 1. The smallest absolute Gasteiger partial charge is 0.246 e. The van der Waals surface area contributed by atoms with Crippen LogP contribution in [0.25, 0.3) is 11.8 Å². The number of aromatic nitrogens is 2. The van der Waals surface area contributed by atoms with Gasteiger partial charge in [-0.2, -0.15) is 5.10 Å². The third-order valence-corrected chi connectivity index (χ3v) is 5.28. The third kappa shape index (κ3) is 4.51. The molecule has 0 saturated carbocycles. The summed E-state index contributed by atoms with van der Waals surface area (Å²) in [7, 11) is 0. The van der Waals surface area contributed by atoms with Crippen LogP contribution in [0.5, 0.6) is 0 Å². The monoisotopic (exact) mass is 385 g/mol. The highest BCUT2D eigenvalue weighted by molar-refractivity contribution is 5.98. The van der Waals surface area contributed by atoms with Gasteiger partial charge in [-0.15, -0.1) is 0 Å². The molecule has 3 aromatic rings. The first-order valence-corrected chi connectivity index (χ1v) is 9.87. The minimum absolute atomic E-state index is 0.00506. The molecule has 0 atom stereocenters. The summed E-state index contributed by atoms with van der Waals surface area (Å²) in [6, 6.07) is 19.2. The summed E-state index contributed by atoms with van der Waals surface area (Å²) in [5, 5.41) is 4.34. The topological polar surface area (TPSA) is 55.2 Å². The van der Waals surface area contributed by atoms with Crippen molar-refractivity contribution in [3.63, 3.8) is 0 Å². The zero-order chi connectivity index (χ0) is 20.1. The number of para-hydroxylation sites is 1. The maximum atomic E-state index is 12.6. The highest BCUT2D eigenvalue weighted by Gasteiger charge is 2.27. The highest BCUT2D eigenvalue weighted by Crippen LogP contribution is 2.22. The molecule has 0 spiro atoms. The molecular formula is C24H23N3O2. The van der Waals surface area contributed by atoms with Gasteiger partial charge in [0.2, 0.25) is 5.91 Å². The van der Waals surface area contributed by atoms with Crippen molar-refractivity contribution in [3.8, 4) is 5.69 Å². The van der Waals surface area contributed by atoms with Crippen molar-refractivity contribution in [1.29, 1.82) is 0 Å². The van der Waals surface area contributed by atoms with E-state index in [4.69, 9.17) is 0 Å². The summed E-state index contributed by atoms with van der Waals surface area (Å²) in [6.45, 7) is 1.21. The Morgan fingerprint density at radius 3 is 2.28 bits per heavy atom. The van der Waals surface area contributed by atoms with Gasteiger partial charge in [-0.3, -0.25) is 9.59 Å². The second-order valence-electron chi connectivity index (χ2n) is 7.22. The lowest BCUT2D eigenvalue weighted by Gasteiger charge is -2.30. The standard InChI is InChI=1S/C24H23N3O2/c28-23(12-11-19-17-25-27(18-19)22-9-5-2-6-10-22)26-15-13-21(14-16-26)24(29)20-7-3-1-4-8-20/h1-12,17-18,21H,13-16H2/b12-11+. The average Bonchev–Trinajstić information content (AvgIpc) is 3.27. The Bertz CT molecular complexity index is 1000. The van der Waals surface area contributed by atoms with Crippen LogP contribution in [0.1, 0.15) is 28.8 Å². The van der Waals surface area contributed by atoms with Gasteiger partial charge in [0.1, 0.15) is 0 Å². The van der Waals surface area contributed by atoms with E-state index in [1.807, 2.05) is 71.8 Å². The van der Waals surface area contributed by atoms with E-state index in [1.54, 1.807) is 23.0 Å². The largest absolute Gasteiger partial charge is 0.339 e. The molecule has 146 valence electrons. The highest BCUT2D eigenvalue weighted by atomic mass is 16.2. The zero-order valence-electron chi connectivity index (χ0n) is 16.1. The van der Waals surface area contributed by atoms with E-state index >= 15 is 0 Å². The van der Waals surface area contributed by atoms with Gasteiger partial charge in [-0.05, 0) is 31.1 Å². The Labute approximate surface area is 170 Å². The molecule has 0 radical (unpaired) electrons. The van der Waals surface area contributed by atoms with Crippen LogP contribution in [-0.2, 0) is 4.79 Å². The maximum absolute atomic E-state index is 12.6. The number of carbonyl (C=O) groups is 2. The van der Waals surface area contributed by atoms with Crippen molar-refractivity contribution in [1.82, 2.24) is 14.7 Å². The van der Waals surface area contributed by atoms with Crippen LogP contribution in [0, 0.1) is 5.92 Å². The average molecular weight is 385 g/mol. The Balaban J connectivity index is 1.32. The number of ketones is 1. The second-order valence-corrected chi connectivity index (χ2v) is 7.22. The molecule has 0 bridgehead atoms. The van der Waals surface area contributed by atoms with Gasteiger partial charge in [0.05, 0.1) is 11.9 Å². The molecule has 1 amide bonds. The molecule has 4 rings (SSSR count). The molecule has 5 heteroatoms. The number of amides is 1. The molecule has 1 aromatic heterocycles. The van der Waals surface area contributed by atoms with Gasteiger partial charge in [-0.25, -0.2) is 4.68 Å². The predicted octanol–water partition coefficient (Wildman–Crippen LogP) is 4.01. The van der Waals surface area contributed by atoms with E-state index in [0.29, 0.717) is 25.9 Å². The molecule has 1 aliphatic rings. The lowest BCUT2D eigenvalue weighted by Crippen LogP contribution is -2.39. The van der Waals surface area contributed by atoms with Crippen LogP contribution in [0.3, 0.4) is 0 Å². The van der Waals surface area contributed by atoms with E-state index < -0.39 is 0 Å². The van der Waals surface area contributed by atoms with Gasteiger partial charge in [0.15, 0.2) is 5.78 Å². The first-order valence-electron chi connectivity index (χ1n) is 9.87. The van der Waals surface area contributed by atoms with Crippen LogP contribution in [-0.4, -0.2) is 39.5 Å². The molecule has 5 nitrogen and oxygen atoms in total. The molecule has 0 aliphatic carbocycles. The number of likely N-dealkylation sites (tertiary alicyclic amines) is 1. The Kier molecular flexibility index (Phi) is 5.66. The Morgan fingerprint density at radius 1 is 0.931 bits per heavy atom. The number of hydrogen-bond acceptors (Lipinski definition) is 3. The fourth-order valence-electron chi connectivity index (χ4n) is 3.62. The van der Waals surface area contributed by atoms with Gasteiger partial charge < -0.3 is 4.90 Å². The molecular weight excluding hydrogens is 362 g/mol. The molecule has 2 aromatic carbocycles. The van der Waals surface area contributed by atoms with Crippen LogP contribution >= 0.6 is 0 Å². The summed E-state index contributed by atoms with van der Waals surface area (Å²) in [5.41, 5.74) is 2.60. The number of hydrogen-bond donors (Lipinski definition) is 0. The normalized spacial score (nSPS) is 15.0. The van der Waals surface area contributed by atoms with Crippen molar-refractivity contribution in [3.05, 3.63) is 90.3 Å². The first-order chi connectivity index (χ1) is 14.2. The van der Waals surface area contributed by atoms with Crippen molar-refractivity contribution >= 4 is 17.8 Å². The van der Waals surface area contributed by atoms with Crippen LogP contribution in [0.4, 0.5) is 0 Å². The van der Waals surface area contributed by atoms with Crippen molar-refractivity contribution in [2.45, 2.75) is 12.8 Å². The first kappa shape index (κ1) is 18.9. The lowest BCUT2D eigenvalue weighted by atomic mass is 9.89. The molecule has 1 saturated heterocycles. The summed E-state index contributed by atoms with van der Waals surface area (Å²) < 4.78 is 1.78. The number of benzene rings is 2. The SMILES string of the molecule is O=C(c1ccccc1)C1CCN(C(=O)/C=C/c2cnn(-c3ccccc3)c2)CC1. The van der Waals surface area contributed by atoms with Gasteiger partial charge in [-0.1, -0.05) is 48.5 Å². The molecule has 0 unspecified atom stereocenters. The number of nitrogens with zero attached hydrogens (tertiary/aromatic N) is 3. The van der Waals surface area contributed by atoms with Gasteiger partial charge in [0.25, 0.3) is 0 Å². The summed E-state index contributed by atoms with van der Waals surface area (Å²) in [5.74, 6) is 0.152. The predicted molar refractivity (Wildman–Crippen MR) is 113 cm³/mol. The number of rotatable bonds is 5. The van der Waals surface area contributed by atoms with Crippen molar-refractivity contribution in [2.75, 3.05) is 13.1 Å². The Hall–Kier alpha value is -3.47. The molecule has 0 N–H and O–H groups in total. The molecule has 2 heterocycles. The third-order valence-electron chi connectivity index (χ3n) is 5.28. The fraction of sp³-hybridized carbons (Fsp3) is 0.208. The van der Waals surface area contributed by atoms with Crippen LogP contribution in [0.15, 0.2) is 79.1 Å². The fourth-order valence-corrected chi connectivity index (χ4v) is 3.62. The number of piperidine rings is 1. The van der Waals surface area contributed by atoms with E-state index in [2.05, 4.69) is 5.10 Å². The zero-order valence-corrected chi connectivity index (χ0v) is 16.1. The van der Waals surface area contributed by atoms with Crippen molar-refractivity contribution in [2.24, 2.45) is 5.92 Å². The molecule has 1 fully saturated rings. The van der Waals surface area contributed by atoms with Crippen LogP contribution in [0.2, 0.25) is 0 Å². The maximum Gasteiger partial charge on any atom is 0.246 e. The Morgan fingerprint density at radius 2 is 1.59 bits per heavy atom. The van der Waals surface area contributed by atoms with Gasteiger partial charge >= 0.3 is 0 Å². The summed E-state index contributed by atoms with van der Waals surface area (Å²) in [4.78, 5) is 26.9. The van der Waals surface area contributed by atoms with E-state index in [9.17, 15) is 9.59 Å². The van der Waals surface area contributed by atoms with E-state index in [1.165, 1.54) is 0 Å². The van der Waals surface area contributed by atoms with E-state index in [-0.39, 0.29) is 17.6 Å². The van der Waals surface area contributed by atoms with Crippen molar-refractivity contribution < 1.29 is 9.59 Å². The summed E-state index contributed by atoms with van der Waals surface area (Å²) >= 11 is 0. The quantitative estimate of drug-likeness (QED) is 0.493. The van der Waals surface area contributed by atoms with E-state index in [0.717, 1.165) is 16.8 Å². The molecule has 1 aliphatic heterocycles. The minimum atomic E-state index is -0.0249. The minimum Gasteiger partial charge on any atom is -0.339 e. The van der Waals surface area contributed by atoms with Gasteiger partial charge in [0, 0.05) is 42.4 Å².